The lowest BCUT2D eigenvalue weighted by molar-refractivity contribution is -0.131. The van der Waals surface area contributed by atoms with Crippen molar-refractivity contribution in [1.82, 2.24) is 0 Å². The van der Waals surface area contributed by atoms with Crippen molar-refractivity contribution >= 4 is 5.78 Å². The summed E-state index contributed by atoms with van der Waals surface area (Å²) in [4.78, 5) is 11.2. The lowest BCUT2D eigenvalue weighted by atomic mass is 9.67. The van der Waals surface area contributed by atoms with Gasteiger partial charge in [0.05, 0.1) is 0 Å². The topological polar surface area (TPSA) is 17.1 Å². The van der Waals surface area contributed by atoms with Crippen molar-refractivity contribution in [3.8, 4) is 0 Å². The molecule has 2 atom stereocenters. The summed E-state index contributed by atoms with van der Waals surface area (Å²) in [7, 11) is 0. The van der Waals surface area contributed by atoms with E-state index in [0.29, 0.717) is 12.0 Å². The number of Topliss-reactive ketones (excluding diaryl/α,β-unsaturated/α-hetero) is 1. The van der Waals surface area contributed by atoms with E-state index in [-0.39, 0.29) is 17.6 Å². The minimum atomic E-state index is -0.574. The van der Waals surface area contributed by atoms with Crippen LogP contribution in [0.25, 0.3) is 0 Å². The molecule has 0 spiro atoms. The average Bonchev–Trinajstić information content (AvgIpc) is 2.16. The molecule has 1 fully saturated rings. The summed E-state index contributed by atoms with van der Waals surface area (Å²) in [5, 5.41) is 0. The molecular weight excluding hydrogens is 198 g/mol. The molecule has 0 bridgehead atoms. The molecule has 1 aromatic rings. The second kappa shape index (κ2) is 3.72. The van der Waals surface area contributed by atoms with Gasteiger partial charge in [0.2, 0.25) is 0 Å². The van der Waals surface area contributed by atoms with E-state index < -0.39 is 11.6 Å². The minimum Gasteiger partial charge on any atom is -0.299 e. The van der Waals surface area contributed by atoms with Gasteiger partial charge in [0, 0.05) is 24.3 Å². The molecule has 0 heterocycles. The third-order valence-corrected chi connectivity index (χ3v) is 3.12. The fraction of sp³-hybridized carbons (Fsp3) is 0.417. The van der Waals surface area contributed by atoms with Crippen LogP contribution in [0.15, 0.2) is 18.2 Å². The summed E-state index contributed by atoms with van der Waals surface area (Å²) in [5.41, 5.74) is 0.475. The fourth-order valence-corrected chi connectivity index (χ4v) is 2.22. The second-order valence-corrected chi connectivity index (χ2v) is 3.96. The third kappa shape index (κ3) is 1.66. The monoisotopic (exact) mass is 210 g/mol. The van der Waals surface area contributed by atoms with Crippen LogP contribution in [-0.2, 0) is 4.79 Å². The van der Waals surface area contributed by atoms with Crippen LogP contribution in [0.5, 0.6) is 0 Å². The van der Waals surface area contributed by atoms with Crippen LogP contribution in [0.1, 0.15) is 31.2 Å². The van der Waals surface area contributed by atoms with Crippen LogP contribution in [0.4, 0.5) is 8.78 Å². The number of benzene rings is 1. The number of ketones is 1. The van der Waals surface area contributed by atoms with Crippen LogP contribution in [0.3, 0.4) is 0 Å². The van der Waals surface area contributed by atoms with Crippen molar-refractivity contribution in [2.45, 2.75) is 25.7 Å². The van der Waals surface area contributed by atoms with Crippen molar-refractivity contribution in [2.75, 3.05) is 0 Å². The Hall–Kier alpha value is -1.25. The second-order valence-electron chi connectivity index (χ2n) is 3.96. The van der Waals surface area contributed by atoms with E-state index in [1.54, 1.807) is 0 Å². The Balaban J connectivity index is 2.27. The molecule has 0 amide bonds. The van der Waals surface area contributed by atoms with Crippen molar-refractivity contribution < 1.29 is 13.6 Å². The van der Waals surface area contributed by atoms with Crippen LogP contribution in [-0.4, -0.2) is 5.78 Å². The zero-order valence-corrected chi connectivity index (χ0v) is 8.47. The highest BCUT2D eigenvalue weighted by molar-refractivity contribution is 5.89. The van der Waals surface area contributed by atoms with Gasteiger partial charge in [-0.05, 0) is 18.1 Å². The number of carbonyl (C=O) groups is 1. The molecular formula is C12H12F2O. The van der Waals surface area contributed by atoms with Gasteiger partial charge in [0.1, 0.15) is 17.4 Å². The molecule has 1 nitrogen and oxygen atoms in total. The molecule has 2 unspecified atom stereocenters. The minimum absolute atomic E-state index is 0.0527. The normalized spacial score (nSPS) is 25.1. The fourth-order valence-electron chi connectivity index (χ4n) is 2.22. The van der Waals surface area contributed by atoms with E-state index in [4.69, 9.17) is 0 Å². The van der Waals surface area contributed by atoms with Crippen LogP contribution in [0.2, 0.25) is 0 Å². The predicted octanol–water partition coefficient (Wildman–Crippen LogP) is 3.05. The van der Waals surface area contributed by atoms with E-state index in [9.17, 15) is 13.6 Å². The quantitative estimate of drug-likeness (QED) is 0.733. The maximum atomic E-state index is 13.4. The zero-order chi connectivity index (χ0) is 11.0. The van der Waals surface area contributed by atoms with Gasteiger partial charge in [0.15, 0.2) is 0 Å². The standard InChI is InChI=1S/C12H12F2O/c1-2-8-10(6-12(8)15)9-4-3-7(13)5-11(9)14/h3-5,8,10H,2,6H2,1H3. The molecule has 1 aliphatic carbocycles. The van der Waals surface area contributed by atoms with Gasteiger partial charge in [-0.15, -0.1) is 0 Å². The van der Waals surface area contributed by atoms with Crippen molar-refractivity contribution in [3.63, 3.8) is 0 Å². The lowest BCUT2D eigenvalue weighted by Gasteiger charge is -2.34. The Morgan fingerprint density at radius 3 is 2.67 bits per heavy atom. The van der Waals surface area contributed by atoms with E-state index >= 15 is 0 Å². The van der Waals surface area contributed by atoms with Crippen molar-refractivity contribution in [1.29, 1.82) is 0 Å². The molecule has 1 aromatic carbocycles. The maximum Gasteiger partial charge on any atom is 0.137 e. The molecule has 15 heavy (non-hydrogen) atoms. The Labute approximate surface area is 87.1 Å². The van der Waals surface area contributed by atoms with Crippen molar-refractivity contribution in [2.24, 2.45) is 5.92 Å². The number of halogens is 2. The SMILES string of the molecule is CCC1C(=O)CC1c1ccc(F)cc1F. The highest BCUT2D eigenvalue weighted by atomic mass is 19.1. The average molecular weight is 210 g/mol. The van der Waals surface area contributed by atoms with Gasteiger partial charge in [-0.3, -0.25) is 4.79 Å². The van der Waals surface area contributed by atoms with E-state index in [2.05, 4.69) is 0 Å². The van der Waals surface area contributed by atoms with Crippen LogP contribution in [0, 0.1) is 17.6 Å². The van der Waals surface area contributed by atoms with Gasteiger partial charge >= 0.3 is 0 Å². The number of rotatable bonds is 2. The molecule has 1 aliphatic rings. The predicted molar refractivity (Wildman–Crippen MR) is 52.5 cm³/mol. The molecule has 3 heteroatoms. The lowest BCUT2D eigenvalue weighted by Crippen LogP contribution is -2.35. The first-order valence-corrected chi connectivity index (χ1v) is 5.11. The molecule has 2 rings (SSSR count). The van der Waals surface area contributed by atoms with E-state index in [0.717, 1.165) is 12.5 Å². The van der Waals surface area contributed by atoms with Gasteiger partial charge in [0.25, 0.3) is 0 Å². The first-order chi connectivity index (χ1) is 7.13. The molecule has 0 N–H and O–H groups in total. The van der Waals surface area contributed by atoms with Crippen LogP contribution >= 0.6 is 0 Å². The Morgan fingerprint density at radius 1 is 1.40 bits per heavy atom. The molecule has 1 saturated carbocycles. The summed E-state index contributed by atoms with van der Waals surface area (Å²) in [5.74, 6) is -1.06. The number of hydrogen-bond donors (Lipinski definition) is 0. The van der Waals surface area contributed by atoms with Gasteiger partial charge < -0.3 is 0 Å². The summed E-state index contributed by atoms with van der Waals surface area (Å²) in [6, 6.07) is 3.57. The number of hydrogen-bond acceptors (Lipinski definition) is 1. The molecule has 0 aromatic heterocycles. The van der Waals surface area contributed by atoms with E-state index in [1.807, 2.05) is 6.92 Å². The summed E-state index contributed by atoms with van der Waals surface area (Å²) < 4.78 is 26.1. The van der Waals surface area contributed by atoms with Gasteiger partial charge in [-0.25, -0.2) is 8.78 Å². The van der Waals surface area contributed by atoms with Gasteiger partial charge in [-0.2, -0.15) is 0 Å². The summed E-state index contributed by atoms with van der Waals surface area (Å²) >= 11 is 0. The largest absolute Gasteiger partial charge is 0.299 e. The molecule has 80 valence electrons. The molecule has 0 radical (unpaired) electrons. The Bertz CT molecular complexity index is 401. The summed E-state index contributed by atoms with van der Waals surface area (Å²) in [6.45, 7) is 1.91. The maximum absolute atomic E-state index is 13.4. The molecule has 0 aliphatic heterocycles. The zero-order valence-electron chi connectivity index (χ0n) is 8.47. The smallest absolute Gasteiger partial charge is 0.137 e. The van der Waals surface area contributed by atoms with E-state index in [1.165, 1.54) is 12.1 Å². The third-order valence-electron chi connectivity index (χ3n) is 3.12. The highest BCUT2D eigenvalue weighted by Crippen LogP contribution is 2.42. The Morgan fingerprint density at radius 2 is 2.13 bits per heavy atom. The van der Waals surface area contributed by atoms with Gasteiger partial charge in [-0.1, -0.05) is 13.0 Å². The highest BCUT2D eigenvalue weighted by Gasteiger charge is 2.40. The van der Waals surface area contributed by atoms with Crippen LogP contribution < -0.4 is 0 Å². The summed E-state index contributed by atoms with van der Waals surface area (Å²) in [6.07, 6.45) is 1.11. The first kappa shape index (κ1) is 10.3. The first-order valence-electron chi connectivity index (χ1n) is 5.11. The molecule has 0 saturated heterocycles. The van der Waals surface area contributed by atoms with Crippen molar-refractivity contribution in [3.05, 3.63) is 35.4 Å². The number of carbonyl (C=O) groups excluding carboxylic acids is 1. The Kier molecular flexibility index (Phi) is 2.55.